The van der Waals surface area contributed by atoms with Crippen LogP contribution in [0.25, 0.3) is 0 Å². The van der Waals surface area contributed by atoms with Crippen LogP contribution in [0.3, 0.4) is 0 Å². The first-order valence-electron chi connectivity index (χ1n) is 7.11. The smallest absolute Gasteiger partial charge is 0.247 e. The molecule has 5 nitrogen and oxygen atoms in total. The number of para-hydroxylation sites is 1. The third-order valence-electron chi connectivity index (χ3n) is 3.37. The summed E-state index contributed by atoms with van der Waals surface area (Å²) in [6.07, 6.45) is 0.834. The van der Waals surface area contributed by atoms with Crippen molar-refractivity contribution in [1.29, 1.82) is 0 Å². The maximum Gasteiger partial charge on any atom is 0.247 e. The number of benzene rings is 2. The first kappa shape index (κ1) is 18.8. The summed E-state index contributed by atoms with van der Waals surface area (Å²) in [7, 11) is -3.99. The Morgan fingerprint density at radius 1 is 1.04 bits per heavy atom. The molecule has 0 aliphatic heterocycles. The second-order valence-corrected chi connectivity index (χ2v) is 7.16. The highest BCUT2D eigenvalue weighted by molar-refractivity contribution is 7.92. The summed E-state index contributed by atoms with van der Waals surface area (Å²) in [6, 6.07) is 6.46. The Hall–Kier alpha value is -2.55. The fourth-order valence-electron chi connectivity index (χ4n) is 2.23. The van der Waals surface area contributed by atoms with Gasteiger partial charge in [0, 0.05) is 11.8 Å². The number of carbonyl (C=O) groups excluding carboxylic acids is 1. The molecule has 2 aromatic rings. The summed E-state index contributed by atoms with van der Waals surface area (Å²) >= 11 is 0. The predicted molar refractivity (Wildman–Crippen MR) is 88.2 cm³/mol. The molecule has 0 saturated carbocycles. The second kappa shape index (κ2) is 7.14. The van der Waals surface area contributed by atoms with E-state index >= 15 is 0 Å². The highest BCUT2D eigenvalue weighted by Crippen LogP contribution is 2.24. The maximum atomic E-state index is 14.0. The molecule has 2 aromatic carbocycles. The maximum absolute atomic E-state index is 14.0. The van der Waals surface area contributed by atoms with E-state index in [9.17, 15) is 26.4 Å². The second-order valence-electron chi connectivity index (χ2n) is 5.30. The Morgan fingerprint density at radius 2 is 1.68 bits per heavy atom. The number of amides is 1. The van der Waals surface area contributed by atoms with Gasteiger partial charge in [-0.2, -0.15) is 0 Å². The van der Waals surface area contributed by atoms with Crippen molar-refractivity contribution in [3.63, 3.8) is 0 Å². The molecule has 0 aromatic heterocycles. The number of carbonyl (C=O) groups is 1. The van der Waals surface area contributed by atoms with Gasteiger partial charge < -0.3 is 5.32 Å². The van der Waals surface area contributed by atoms with Gasteiger partial charge in [0.25, 0.3) is 0 Å². The van der Waals surface area contributed by atoms with Gasteiger partial charge in [-0.15, -0.1) is 0 Å². The van der Waals surface area contributed by atoms with Crippen LogP contribution in [0, 0.1) is 17.5 Å². The van der Waals surface area contributed by atoms with E-state index in [2.05, 4.69) is 5.32 Å². The van der Waals surface area contributed by atoms with Crippen LogP contribution < -0.4 is 9.62 Å². The summed E-state index contributed by atoms with van der Waals surface area (Å²) in [6.45, 7) is 1.25. The van der Waals surface area contributed by atoms with Gasteiger partial charge >= 0.3 is 0 Å². The summed E-state index contributed by atoms with van der Waals surface area (Å²) in [5.41, 5.74) is -0.351. The normalized spacial score (nSPS) is 12.5. The van der Waals surface area contributed by atoms with E-state index in [0.717, 1.165) is 30.5 Å². The lowest BCUT2D eigenvalue weighted by atomic mass is 10.2. The zero-order valence-corrected chi connectivity index (χ0v) is 14.1. The van der Waals surface area contributed by atoms with Gasteiger partial charge in [0.1, 0.15) is 11.9 Å². The van der Waals surface area contributed by atoms with Crippen molar-refractivity contribution in [2.45, 2.75) is 13.0 Å². The van der Waals surface area contributed by atoms with Crippen LogP contribution in [-0.4, -0.2) is 26.6 Å². The summed E-state index contributed by atoms with van der Waals surface area (Å²) in [5.74, 6) is -3.91. The Labute approximate surface area is 143 Å². The van der Waals surface area contributed by atoms with Gasteiger partial charge in [-0.1, -0.05) is 12.1 Å². The van der Waals surface area contributed by atoms with Crippen molar-refractivity contribution in [3.8, 4) is 0 Å². The Balaban J connectivity index is 2.33. The zero-order chi connectivity index (χ0) is 18.8. The van der Waals surface area contributed by atoms with Crippen LogP contribution in [0.2, 0.25) is 0 Å². The number of hydrogen-bond acceptors (Lipinski definition) is 3. The minimum atomic E-state index is -3.99. The molecule has 0 aliphatic rings. The van der Waals surface area contributed by atoms with Crippen molar-refractivity contribution in [2.75, 3.05) is 15.9 Å². The molecular formula is C16H15F3N2O3S. The number of hydrogen-bond donors (Lipinski definition) is 1. The Kier molecular flexibility index (Phi) is 5.36. The zero-order valence-electron chi connectivity index (χ0n) is 13.3. The van der Waals surface area contributed by atoms with E-state index in [1.807, 2.05) is 0 Å². The molecule has 1 amide bonds. The largest absolute Gasteiger partial charge is 0.324 e. The minimum Gasteiger partial charge on any atom is -0.324 e. The summed E-state index contributed by atoms with van der Waals surface area (Å²) in [5, 5.41) is 2.28. The van der Waals surface area contributed by atoms with Crippen LogP contribution in [0.1, 0.15) is 6.92 Å². The van der Waals surface area contributed by atoms with Crippen LogP contribution >= 0.6 is 0 Å². The average Bonchev–Trinajstić information content (AvgIpc) is 2.51. The van der Waals surface area contributed by atoms with Crippen LogP contribution in [0.4, 0.5) is 24.5 Å². The Bertz CT molecular complexity index is 903. The van der Waals surface area contributed by atoms with Crippen molar-refractivity contribution < 1.29 is 26.4 Å². The van der Waals surface area contributed by atoms with Gasteiger partial charge in [-0.05, 0) is 31.2 Å². The molecule has 1 atom stereocenters. The highest BCUT2D eigenvalue weighted by Gasteiger charge is 2.31. The summed E-state index contributed by atoms with van der Waals surface area (Å²) in [4.78, 5) is 12.3. The molecule has 134 valence electrons. The molecular weight excluding hydrogens is 357 g/mol. The third kappa shape index (κ3) is 4.30. The number of anilines is 2. The standard InChI is InChI=1S/C16H15F3N2O3S/c1-10(16(22)20-11-7-8-12(17)14(19)9-11)21(25(2,23)24)15-6-4-3-5-13(15)18/h3-10H,1-2H3,(H,20,22)/t10-/m0/s1. The van der Waals surface area contributed by atoms with E-state index in [1.54, 1.807) is 0 Å². The molecule has 0 bridgehead atoms. The topological polar surface area (TPSA) is 66.5 Å². The molecule has 0 fully saturated rings. The number of sulfonamides is 1. The van der Waals surface area contributed by atoms with E-state index in [4.69, 9.17) is 0 Å². The molecule has 9 heteroatoms. The van der Waals surface area contributed by atoms with Crippen molar-refractivity contribution in [1.82, 2.24) is 0 Å². The number of nitrogens with zero attached hydrogens (tertiary/aromatic N) is 1. The first-order chi connectivity index (χ1) is 11.6. The fraction of sp³-hybridized carbons (Fsp3) is 0.188. The molecule has 0 heterocycles. The van der Waals surface area contributed by atoms with E-state index in [-0.39, 0.29) is 11.4 Å². The highest BCUT2D eigenvalue weighted by atomic mass is 32.2. The number of nitrogens with one attached hydrogen (secondary N) is 1. The van der Waals surface area contributed by atoms with Crippen LogP contribution in [0.15, 0.2) is 42.5 Å². The summed E-state index contributed by atoms with van der Waals surface area (Å²) < 4.78 is 64.9. The van der Waals surface area contributed by atoms with Gasteiger partial charge in [-0.25, -0.2) is 21.6 Å². The van der Waals surface area contributed by atoms with Crippen molar-refractivity contribution in [2.24, 2.45) is 0 Å². The first-order valence-corrected chi connectivity index (χ1v) is 8.96. The quantitative estimate of drug-likeness (QED) is 0.878. The third-order valence-corrected chi connectivity index (χ3v) is 4.59. The molecule has 0 spiro atoms. The van der Waals surface area contributed by atoms with Gasteiger partial charge in [0.15, 0.2) is 11.6 Å². The lowest BCUT2D eigenvalue weighted by Crippen LogP contribution is -2.45. The van der Waals surface area contributed by atoms with Crippen LogP contribution in [-0.2, 0) is 14.8 Å². The molecule has 0 aliphatic carbocycles. The molecule has 2 rings (SSSR count). The average molecular weight is 372 g/mol. The van der Waals surface area contributed by atoms with Gasteiger partial charge in [0.05, 0.1) is 11.9 Å². The SMILES string of the molecule is C[C@@H](C(=O)Nc1ccc(F)c(F)c1)N(c1ccccc1F)S(C)(=O)=O. The van der Waals surface area contributed by atoms with E-state index in [0.29, 0.717) is 4.31 Å². The van der Waals surface area contributed by atoms with E-state index in [1.165, 1.54) is 25.1 Å². The van der Waals surface area contributed by atoms with Crippen LogP contribution in [0.5, 0.6) is 0 Å². The number of rotatable bonds is 5. The monoisotopic (exact) mass is 372 g/mol. The Morgan fingerprint density at radius 3 is 2.24 bits per heavy atom. The van der Waals surface area contributed by atoms with Gasteiger partial charge in [-0.3, -0.25) is 9.10 Å². The fourth-order valence-corrected chi connectivity index (χ4v) is 3.41. The lowest BCUT2D eigenvalue weighted by Gasteiger charge is -2.28. The molecule has 1 N–H and O–H groups in total. The minimum absolute atomic E-state index is 0.0577. The molecule has 25 heavy (non-hydrogen) atoms. The molecule has 0 unspecified atom stereocenters. The van der Waals surface area contributed by atoms with E-state index < -0.39 is 39.4 Å². The molecule has 0 radical (unpaired) electrons. The van der Waals surface area contributed by atoms with Crippen molar-refractivity contribution >= 4 is 27.3 Å². The molecule has 0 saturated heterocycles. The number of halogens is 3. The van der Waals surface area contributed by atoms with Gasteiger partial charge in [0.2, 0.25) is 15.9 Å². The van der Waals surface area contributed by atoms with Crippen molar-refractivity contribution in [3.05, 3.63) is 59.9 Å². The lowest BCUT2D eigenvalue weighted by molar-refractivity contribution is -0.116. The predicted octanol–water partition coefficient (Wildman–Crippen LogP) is 2.90.